The Morgan fingerprint density at radius 2 is 1.40 bits per heavy atom. The Morgan fingerprint density at radius 1 is 0.791 bits per heavy atom. The number of amides is 2. The van der Waals surface area contributed by atoms with Crippen molar-refractivity contribution < 1.29 is 18.0 Å². The van der Waals surface area contributed by atoms with Crippen LogP contribution < -0.4 is 14.9 Å². The Labute approximate surface area is 265 Å². The quantitative estimate of drug-likeness (QED) is 0.103. The highest BCUT2D eigenvalue weighted by Crippen LogP contribution is 2.35. The van der Waals surface area contributed by atoms with Crippen molar-refractivity contribution in [3.63, 3.8) is 0 Å². The molecule has 4 rings (SSSR count). The number of anilines is 4. The van der Waals surface area contributed by atoms with Gasteiger partial charge in [-0.05, 0) is 55.0 Å². The van der Waals surface area contributed by atoms with E-state index < -0.39 is 15.9 Å². The molecule has 0 fully saturated rings. The highest BCUT2D eigenvalue weighted by Gasteiger charge is 2.25. The first-order chi connectivity index (χ1) is 20.2. The standard InChI is InChI=1S/C33H40N4O4S.BrH/c1-4-5-6-7-8-9-10-11-16-32(39)37(42(3,40)41)27-20-17-25(18-21-27)35-33-28-14-12-13-15-30(28)36-31-23-26(34-24(2)38)19-22-29(31)33;/h12-15,17-23H,4-11,16H2,1-3H3,(H,34,38)(H,35,36);1H. The molecule has 2 amide bonds. The Balaban J connectivity index is 0.00000506. The number of benzene rings is 3. The van der Waals surface area contributed by atoms with Gasteiger partial charge in [0.05, 0.1) is 28.7 Å². The van der Waals surface area contributed by atoms with Crippen molar-refractivity contribution in [3.8, 4) is 0 Å². The molecule has 0 saturated heterocycles. The zero-order valence-electron chi connectivity index (χ0n) is 25.1. The average molecular weight is 670 g/mol. The van der Waals surface area contributed by atoms with E-state index in [2.05, 4.69) is 17.6 Å². The summed E-state index contributed by atoms with van der Waals surface area (Å²) in [5.41, 5.74) is 4.05. The maximum atomic E-state index is 13.0. The summed E-state index contributed by atoms with van der Waals surface area (Å²) < 4.78 is 26.2. The van der Waals surface area contributed by atoms with E-state index in [1.54, 1.807) is 24.3 Å². The van der Waals surface area contributed by atoms with Crippen molar-refractivity contribution in [2.75, 3.05) is 21.2 Å². The van der Waals surface area contributed by atoms with Gasteiger partial charge in [0.25, 0.3) is 0 Å². The van der Waals surface area contributed by atoms with E-state index in [0.717, 1.165) is 57.5 Å². The highest BCUT2D eigenvalue weighted by atomic mass is 79.9. The van der Waals surface area contributed by atoms with Gasteiger partial charge in [0, 0.05) is 35.5 Å². The molecule has 0 atom stereocenters. The van der Waals surface area contributed by atoms with E-state index >= 15 is 0 Å². The third-order valence-electron chi connectivity index (χ3n) is 7.18. The van der Waals surface area contributed by atoms with Gasteiger partial charge < -0.3 is 10.6 Å². The van der Waals surface area contributed by atoms with E-state index in [0.29, 0.717) is 23.3 Å². The molecule has 1 aromatic heterocycles. The number of aromatic nitrogens is 1. The summed E-state index contributed by atoms with van der Waals surface area (Å²) in [5.74, 6) is -0.571. The second kappa shape index (κ2) is 15.8. The minimum atomic E-state index is -3.79. The number of halogens is 1. The number of unbranched alkanes of at least 4 members (excludes halogenated alkanes) is 7. The number of carbonyl (C=O) groups is 2. The molecule has 10 heteroatoms. The highest BCUT2D eigenvalue weighted by molar-refractivity contribution is 8.93. The number of rotatable bonds is 14. The summed E-state index contributed by atoms with van der Waals surface area (Å²) in [5, 5.41) is 8.05. The van der Waals surface area contributed by atoms with Crippen LogP contribution in [0.1, 0.15) is 71.6 Å². The summed E-state index contributed by atoms with van der Waals surface area (Å²) >= 11 is 0. The van der Waals surface area contributed by atoms with Crippen LogP contribution in [0.5, 0.6) is 0 Å². The van der Waals surface area contributed by atoms with Crippen molar-refractivity contribution in [3.05, 3.63) is 66.7 Å². The maximum absolute atomic E-state index is 13.0. The first-order valence-corrected chi connectivity index (χ1v) is 16.5. The lowest BCUT2D eigenvalue weighted by atomic mass is 10.1. The van der Waals surface area contributed by atoms with E-state index in [-0.39, 0.29) is 29.3 Å². The molecule has 1 heterocycles. The van der Waals surface area contributed by atoms with Crippen molar-refractivity contribution >= 4 is 83.4 Å². The summed E-state index contributed by atoms with van der Waals surface area (Å²) in [7, 11) is -3.79. The van der Waals surface area contributed by atoms with Gasteiger partial charge in [-0.15, -0.1) is 17.0 Å². The molecule has 0 saturated carbocycles. The lowest BCUT2D eigenvalue weighted by Gasteiger charge is -2.21. The molecule has 3 aromatic carbocycles. The lowest BCUT2D eigenvalue weighted by molar-refractivity contribution is -0.117. The van der Waals surface area contributed by atoms with Crippen LogP contribution in [-0.2, 0) is 19.6 Å². The number of hydrogen-bond donors (Lipinski definition) is 2. The van der Waals surface area contributed by atoms with Gasteiger partial charge in [0.15, 0.2) is 0 Å². The number of hydrogen-bond acceptors (Lipinski definition) is 6. The zero-order valence-corrected chi connectivity index (χ0v) is 27.6. The molecule has 2 N–H and O–H groups in total. The molecule has 0 spiro atoms. The minimum Gasteiger partial charge on any atom is -0.354 e. The van der Waals surface area contributed by atoms with Gasteiger partial charge >= 0.3 is 0 Å². The van der Waals surface area contributed by atoms with E-state index in [1.165, 1.54) is 32.6 Å². The Kier molecular flexibility index (Phi) is 12.5. The van der Waals surface area contributed by atoms with Gasteiger partial charge in [0.2, 0.25) is 21.8 Å². The van der Waals surface area contributed by atoms with Crippen molar-refractivity contribution in [2.24, 2.45) is 0 Å². The predicted molar refractivity (Wildman–Crippen MR) is 183 cm³/mol. The van der Waals surface area contributed by atoms with Crippen molar-refractivity contribution in [1.29, 1.82) is 0 Å². The molecular formula is C33H41BrN4O4S. The van der Waals surface area contributed by atoms with Crippen molar-refractivity contribution in [1.82, 2.24) is 4.98 Å². The van der Waals surface area contributed by atoms with Crippen LogP contribution in [0, 0.1) is 0 Å². The normalized spacial score (nSPS) is 11.2. The van der Waals surface area contributed by atoms with Crippen LogP contribution in [0.2, 0.25) is 0 Å². The maximum Gasteiger partial charge on any atom is 0.240 e. The van der Waals surface area contributed by atoms with Crippen molar-refractivity contribution in [2.45, 2.75) is 71.6 Å². The first-order valence-electron chi connectivity index (χ1n) is 14.7. The van der Waals surface area contributed by atoms with E-state index in [1.807, 2.05) is 42.5 Å². The molecule has 0 aliphatic carbocycles. The predicted octanol–water partition coefficient (Wildman–Crippen LogP) is 8.49. The largest absolute Gasteiger partial charge is 0.354 e. The number of nitrogens with one attached hydrogen (secondary N) is 2. The number of carbonyl (C=O) groups excluding carboxylic acids is 2. The Bertz CT molecular complexity index is 1660. The monoisotopic (exact) mass is 668 g/mol. The van der Waals surface area contributed by atoms with Crippen LogP contribution in [0.4, 0.5) is 22.7 Å². The smallest absolute Gasteiger partial charge is 0.240 e. The van der Waals surface area contributed by atoms with Gasteiger partial charge in [-0.25, -0.2) is 17.7 Å². The second-order valence-corrected chi connectivity index (χ2v) is 12.6. The molecule has 43 heavy (non-hydrogen) atoms. The molecule has 4 aromatic rings. The lowest BCUT2D eigenvalue weighted by Crippen LogP contribution is -2.36. The number of para-hydroxylation sites is 1. The molecule has 0 unspecified atom stereocenters. The fraction of sp³-hybridized carbons (Fsp3) is 0.364. The zero-order chi connectivity index (χ0) is 30.1. The van der Waals surface area contributed by atoms with E-state index in [4.69, 9.17) is 4.98 Å². The molecule has 0 radical (unpaired) electrons. The topological polar surface area (TPSA) is 108 Å². The third kappa shape index (κ3) is 9.24. The number of fused-ring (bicyclic) bond motifs is 2. The number of nitrogens with zero attached hydrogens (tertiary/aromatic N) is 2. The third-order valence-corrected chi connectivity index (χ3v) is 8.25. The van der Waals surface area contributed by atoms with Crippen LogP contribution in [-0.4, -0.2) is 31.5 Å². The number of pyridine rings is 1. The summed E-state index contributed by atoms with van der Waals surface area (Å²) in [4.78, 5) is 29.4. The molecule has 0 aliphatic heterocycles. The van der Waals surface area contributed by atoms with Gasteiger partial charge in [-0.2, -0.15) is 0 Å². The summed E-state index contributed by atoms with van der Waals surface area (Å²) in [6.45, 7) is 3.66. The Morgan fingerprint density at radius 3 is 2.05 bits per heavy atom. The van der Waals surface area contributed by atoms with Gasteiger partial charge in [0.1, 0.15) is 0 Å². The molecule has 230 valence electrons. The SMILES string of the molecule is Br.CCCCCCCCCCC(=O)N(c1ccc(Nc2c3ccccc3nc3cc(NC(C)=O)ccc23)cc1)S(C)(=O)=O. The van der Waals surface area contributed by atoms with Crippen LogP contribution in [0.25, 0.3) is 21.8 Å². The summed E-state index contributed by atoms with van der Waals surface area (Å²) in [6.07, 6.45) is 9.98. The van der Waals surface area contributed by atoms with Crippen LogP contribution in [0.3, 0.4) is 0 Å². The average Bonchev–Trinajstić information content (AvgIpc) is 2.94. The fourth-order valence-electron chi connectivity index (χ4n) is 5.17. The first kappa shape index (κ1) is 34.0. The fourth-order valence-corrected chi connectivity index (χ4v) is 6.13. The Hall–Kier alpha value is -3.50. The molecular weight excluding hydrogens is 628 g/mol. The van der Waals surface area contributed by atoms with Crippen LogP contribution >= 0.6 is 17.0 Å². The van der Waals surface area contributed by atoms with Gasteiger partial charge in [-0.3, -0.25) is 9.59 Å². The summed E-state index contributed by atoms with van der Waals surface area (Å²) in [6, 6.07) is 20.2. The number of sulfonamides is 1. The molecule has 0 aliphatic rings. The molecule has 0 bridgehead atoms. The van der Waals surface area contributed by atoms with Gasteiger partial charge in [-0.1, -0.05) is 70.1 Å². The van der Waals surface area contributed by atoms with Crippen LogP contribution in [0.15, 0.2) is 66.7 Å². The van der Waals surface area contributed by atoms with E-state index in [9.17, 15) is 18.0 Å². The molecule has 8 nitrogen and oxygen atoms in total. The minimum absolute atomic E-state index is 0. The second-order valence-electron chi connectivity index (χ2n) is 10.7.